The van der Waals surface area contributed by atoms with E-state index in [-0.39, 0.29) is 5.91 Å². The highest BCUT2D eigenvalue weighted by atomic mass is 16.5. The Balaban J connectivity index is 1.60. The Kier molecular flexibility index (Phi) is 4.57. The van der Waals surface area contributed by atoms with Gasteiger partial charge in [-0.3, -0.25) is 4.79 Å². The van der Waals surface area contributed by atoms with Crippen molar-refractivity contribution in [2.24, 2.45) is 5.10 Å². The lowest BCUT2D eigenvalue weighted by molar-refractivity contribution is -0.127. The average Bonchev–Trinajstić information content (AvgIpc) is 3.03. The van der Waals surface area contributed by atoms with Crippen LogP contribution in [0.1, 0.15) is 30.0 Å². The summed E-state index contributed by atoms with van der Waals surface area (Å²) in [7, 11) is 0. The number of fused-ring (bicyclic) bond motifs is 1. The van der Waals surface area contributed by atoms with Crippen molar-refractivity contribution in [3.05, 3.63) is 65.2 Å². The summed E-state index contributed by atoms with van der Waals surface area (Å²) in [6.07, 6.45) is 1.09. The molecule has 0 aliphatic heterocycles. The van der Waals surface area contributed by atoms with Gasteiger partial charge in [-0.2, -0.15) is 10.4 Å². The maximum atomic E-state index is 12.1. The van der Waals surface area contributed by atoms with Gasteiger partial charge in [-0.1, -0.05) is 24.3 Å². The first-order valence-corrected chi connectivity index (χ1v) is 7.79. The molecule has 1 aliphatic carbocycles. The number of amides is 1. The molecule has 1 N–H and O–H groups in total. The summed E-state index contributed by atoms with van der Waals surface area (Å²) < 4.78 is 5.57. The number of carbonyl (C=O) groups excluding carboxylic acids is 1. The van der Waals surface area contributed by atoms with E-state index in [0.29, 0.717) is 11.3 Å². The molecule has 0 heterocycles. The summed E-state index contributed by atoms with van der Waals surface area (Å²) in [5.74, 6) is 0.228. The highest BCUT2D eigenvalue weighted by molar-refractivity contribution is 6.04. The normalized spacial score (nSPS) is 15.4. The maximum Gasteiger partial charge on any atom is 0.280 e. The molecule has 0 fully saturated rings. The van der Waals surface area contributed by atoms with Gasteiger partial charge in [0.25, 0.3) is 5.91 Å². The molecule has 120 valence electrons. The largest absolute Gasteiger partial charge is 0.481 e. The van der Waals surface area contributed by atoms with Gasteiger partial charge in [0.05, 0.1) is 17.3 Å². The predicted molar refractivity (Wildman–Crippen MR) is 90.7 cm³/mol. The third kappa shape index (κ3) is 3.44. The van der Waals surface area contributed by atoms with E-state index in [1.165, 1.54) is 5.56 Å². The molecule has 5 heteroatoms. The Hall–Kier alpha value is -3.13. The van der Waals surface area contributed by atoms with E-state index in [1.807, 2.05) is 24.3 Å². The fraction of sp³-hybridized carbons (Fsp3) is 0.211. The van der Waals surface area contributed by atoms with Crippen molar-refractivity contribution in [3.8, 4) is 11.8 Å². The number of nitriles is 1. The Morgan fingerprint density at radius 3 is 2.71 bits per heavy atom. The van der Waals surface area contributed by atoms with E-state index in [1.54, 1.807) is 31.2 Å². The van der Waals surface area contributed by atoms with Crippen LogP contribution in [0.4, 0.5) is 0 Å². The van der Waals surface area contributed by atoms with Crippen LogP contribution in [0.3, 0.4) is 0 Å². The zero-order valence-corrected chi connectivity index (χ0v) is 13.3. The van der Waals surface area contributed by atoms with E-state index in [0.717, 1.165) is 24.1 Å². The van der Waals surface area contributed by atoms with Crippen LogP contribution in [0, 0.1) is 11.3 Å². The molecule has 0 bridgehead atoms. The first-order chi connectivity index (χ1) is 11.7. The van der Waals surface area contributed by atoms with Crippen LogP contribution >= 0.6 is 0 Å². The van der Waals surface area contributed by atoms with Gasteiger partial charge in [0.1, 0.15) is 5.75 Å². The van der Waals surface area contributed by atoms with Gasteiger partial charge < -0.3 is 4.74 Å². The van der Waals surface area contributed by atoms with Gasteiger partial charge in [-0.05, 0) is 49.6 Å². The second-order valence-electron chi connectivity index (χ2n) is 5.59. The number of aryl methyl sites for hydroxylation is 1. The zero-order chi connectivity index (χ0) is 16.9. The number of rotatable bonds is 4. The van der Waals surface area contributed by atoms with E-state index < -0.39 is 6.10 Å². The van der Waals surface area contributed by atoms with Crippen molar-refractivity contribution >= 4 is 11.6 Å². The zero-order valence-electron chi connectivity index (χ0n) is 13.3. The van der Waals surface area contributed by atoms with E-state index in [4.69, 9.17) is 10.00 Å². The van der Waals surface area contributed by atoms with Crippen molar-refractivity contribution in [2.45, 2.75) is 25.9 Å². The predicted octanol–water partition coefficient (Wildman–Crippen LogP) is 2.79. The molecule has 1 atom stereocenters. The minimum absolute atomic E-state index is 0.309. The molecule has 1 amide bonds. The van der Waals surface area contributed by atoms with Crippen LogP contribution in [0.5, 0.6) is 5.75 Å². The topological polar surface area (TPSA) is 74.5 Å². The molecular formula is C19H17N3O2. The standard InChI is InChI=1S/C19H17N3O2/c1-13(24-16-9-6-14(12-20)7-10-16)19(23)22-21-18-11-8-15-4-2-3-5-17(15)18/h2-7,9-10,13H,8,11H2,1H3,(H,22,23)/b21-18+/t13-/m0/s1. The molecule has 3 rings (SSSR count). The van der Waals surface area contributed by atoms with Gasteiger partial charge in [-0.15, -0.1) is 0 Å². The Morgan fingerprint density at radius 1 is 1.21 bits per heavy atom. The number of hydrogen-bond acceptors (Lipinski definition) is 4. The molecule has 24 heavy (non-hydrogen) atoms. The molecule has 0 saturated carbocycles. The van der Waals surface area contributed by atoms with Crippen LogP contribution in [-0.2, 0) is 11.2 Å². The van der Waals surface area contributed by atoms with Crippen molar-refractivity contribution in [3.63, 3.8) is 0 Å². The lowest BCUT2D eigenvalue weighted by atomic mass is 10.1. The van der Waals surface area contributed by atoms with Crippen LogP contribution < -0.4 is 10.2 Å². The van der Waals surface area contributed by atoms with Crippen LogP contribution in [0.25, 0.3) is 0 Å². The molecule has 0 saturated heterocycles. The number of hydrogen-bond donors (Lipinski definition) is 1. The second kappa shape index (κ2) is 6.97. The summed E-state index contributed by atoms with van der Waals surface area (Å²) >= 11 is 0. The minimum atomic E-state index is -0.682. The molecular weight excluding hydrogens is 302 g/mol. The molecule has 0 radical (unpaired) electrons. The van der Waals surface area contributed by atoms with Gasteiger partial charge in [0.2, 0.25) is 0 Å². The highest BCUT2D eigenvalue weighted by Crippen LogP contribution is 2.21. The summed E-state index contributed by atoms with van der Waals surface area (Å²) in [6, 6.07) is 16.7. The number of ether oxygens (including phenoxy) is 1. The summed E-state index contributed by atoms with van der Waals surface area (Å²) in [4.78, 5) is 12.1. The highest BCUT2D eigenvalue weighted by Gasteiger charge is 2.19. The van der Waals surface area contributed by atoms with Crippen LogP contribution in [0.15, 0.2) is 53.6 Å². The van der Waals surface area contributed by atoms with E-state index in [2.05, 4.69) is 16.6 Å². The fourth-order valence-electron chi connectivity index (χ4n) is 2.60. The fourth-order valence-corrected chi connectivity index (χ4v) is 2.60. The Labute approximate surface area is 140 Å². The Bertz CT molecular complexity index is 819. The molecule has 2 aromatic rings. The van der Waals surface area contributed by atoms with Crippen molar-refractivity contribution in [1.82, 2.24) is 5.43 Å². The van der Waals surface area contributed by atoms with Gasteiger partial charge in [0, 0.05) is 5.56 Å². The molecule has 0 unspecified atom stereocenters. The number of benzene rings is 2. The van der Waals surface area contributed by atoms with Gasteiger partial charge in [0.15, 0.2) is 6.10 Å². The number of carbonyl (C=O) groups is 1. The first kappa shape index (κ1) is 15.8. The SMILES string of the molecule is C[C@H](Oc1ccc(C#N)cc1)C(=O)N/N=C1\CCc2ccccc21. The number of nitrogens with one attached hydrogen (secondary N) is 1. The third-order valence-corrected chi connectivity index (χ3v) is 3.93. The molecule has 0 aromatic heterocycles. The lowest BCUT2D eigenvalue weighted by Crippen LogP contribution is -2.34. The van der Waals surface area contributed by atoms with Crippen molar-refractivity contribution in [1.29, 1.82) is 5.26 Å². The van der Waals surface area contributed by atoms with Crippen molar-refractivity contribution < 1.29 is 9.53 Å². The Morgan fingerprint density at radius 2 is 1.96 bits per heavy atom. The molecule has 2 aromatic carbocycles. The lowest BCUT2D eigenvalue weighted by Gasteiger charge is -2.13. The maximum absolute atomic E-state index is 12.1. The van der Waals surface area contributed by atoms with Crippen molar-refractivity contribution in [2.75, 3.05) is 0 Å². The van der Waals surface area contributed by atoms with Crippen LogP contribution in [0.2, 0.25) is 0 Å². The monoisotopic (exact) mass is 319 g/mol. The van der Waals surface area contributed by atoms with Gasteiger partial charge >= 0.3 is 0 Å². The third-order valence-electron chi connectivity index (χ3n) is 3.93. The van der Waals surface area contributed by atoms with E-state index in [9.17, 15) is 4.79 Å². The van der Waals surface area contributed by atoms with Crippen LogP contribution in [-0.4, -0.2) is 17.7 Å². The molecule has 0 spiro atoms. The summed E-state index contributed by atoms with van der Waals surface area (Å²) in [5.41, 5.74) is 6.37. The number of nitrogens with zero attached hydrogens (tertiary/aromatic N) is 2. The number of hydrazone groups is 1. The summed E-state index contributed by atoms with van der Waals surface area (Å²) in [6.45, 7) is 1.66. The van der Waals surface area contributed by atoms with E-state index >= 15 is 0 Å². The first-order valence-electron chi connectivity index (χ1n) is 7.79. The second-order valence-corrected chi connectivity index (χ2v) is 5.59. The molecule has 5 nitrogen and oxygen atoms in total. The molecule has 1 aliphatic rings. The van der Waals surface area contributed by atoms with Gasteiger partial charge in [-0.25, -0.2) is 5.43 Å². The summed E-state index contributed by atoms with van der Waals surface area (Å²) in [5, 5.41) is 13.0. The quantitative estimate of drug-likeness (QED) is 0.881. The average molecular weight is 319 g/mol. The smallest absolute Gasteiger partial charge is 0.280 e. The minimum Gasteiger partial charge on any atom is -0.481 e.